The molecular formula is C17H25ClNO+. The molecule has 110 valence electrons. The number of halogens is 1. The second-order valence-corrected chi connectivity index (χ2v) is 6.16. The number of ketones is 1. The summed E-state index contributed by atoms with van der Waals surface area (Å²) >= 11 is 5.80. The van der Waals surface area contributed by atoms with E-state index in [0.717, 1.165) is 36.0 Å². The molecule has 0 heterocycles. The SMILES string of the molecule is C=CC(=O)CCCC[N+](C)(C)Cc1ccc(CCl)cc1. The fraction of sp³-hybridized carbons (Fsp3) is 0.471. The molecule has 1 aromatic carbocycles. The quantitative estimate of drug-likeness (QED) is 0.292. The van der Waals surface area contributed by atoms with Crippen LogP contribution >= 0.6 is 11.6 Å². The molecule has 0 aliphatic rings. The van der Waals surface area contributed by atoms with Crippen LogP contribution in [0.2, 0.25) is 0 Å². The minimum absolute atomic E-state index is 0.145. The van der Waals surface area contributed by atoms with Gasteiger partial charge in [-0.3, -0.25) is 4.79 Å². The number of benzene rings is 1. The van der Waals surface area contributed by atoms with Gasteiger partial charge in [0.05, 0.1) is 20.6 Å². The third-order valence-corrected chi connectivity index (χ3v) is 3.76. The number of hydrogen-bond acceptors (Lipinski definition) is 1. The first-order valence-electron chi connectivity index (χ1n) is 7.08. The monoisotopic (exact) mass is 294 g/mol. The highest BCUT2D eigenvalue weighted by molar-refractivity contribution is 6.17. The summed E-state index contributed by atoms with van der Waals surface area (Å²) in [7, 11) is 4.45. The molecule has 3 heteroatoms. The molecule has 0 atom stereocenters. The number of carbonyl (C=O) groups is 1. The molecule has 0 saturated heterocycles. The highest BCUT2D eigenvalue weighted by atomic mass is 35.5. The van der Waals surface area contributed by atoms with E-state index < -0.39 is 0 Å². The van der Waals surface area contributed by atoms with Crippen molar-refractivity contribution in [1.82, 2.24) is 0 Å². The molecule has 0 N–H and O–H groups in total. The fourth-order valence-corrected chi connectivity index (χ4v) is 2.43. The van der Waals surface area contributed by atoms with E-state index in [-0.39, 0.29) is 5.78 Å². The Bertz CT molecular complexity index is 437. The number of alkyl halides is 1. The summed E-state index contributed by atoms with van der Waals surface area (Å²) in [5.41, 5.74) is 2.48. The Kier molecular flexibility index (Phi) is 6.97. The van der Waals surface area contributed by atoms with E-state index in [2.05, 4.69) is 44.9 Å². The summed E-state index contributed by atoms with van der Waals surface area (Å²) in [6, 6.07) is 8.48. The van der Waals surface area contributed by atoms with Gasteiger partial charge in [0, 0.05) is 17.9 Å². The van der Waals surface area contributed by atoms with Crippen molar-refractivity contribution in [2.45, 2.75) is 31.7 Å². The number of nitrogens with zero attached hydrogens (tertiary/aromatic N) is 1. The second-order valence-electron chi connectivity index (χ2n) is 5.90. The van der Waals surface area contributed by atoms with Crippen LogP contribution in [0.5, 0.6) is 0 Å². The first-order chi connectivity index (χ1) is 9.46. The summed E-state index contributed by atoms with van der Waals surface area (Å²) in [5, 5.41) is 0. The smallest absolute Gasteiger partial charge is 0.155 e. The molecule has 0 radical (unpaired) electrons. The van der Waals surface area contributed by atoms with Gasteiger partial charge >= 0.3 is 0 Å². The van der Waals surface area contributed by atoms with Crippen LogP contribution in [0.4, 0.5) is 0 Å². The Morgan fingerprint density at radius 1 is 1.20 bits per heavy atom. The maximum Gasteiger partial charge on any atom is 0.155 e. The van der Waals surface area contributed by atoms with Crippen LogP contribution in [0.15, 0.2) is 36.9 Å². The molecule has 0 fully saturated rings. The van der Waals surface area contributed by atoms with E-state index in [1.165, 1.54) is 11.6 Å². The van der Waals surface area contributed by atoms with Crippen LogP contribution in [0, 0.1) is 0 Å². The van der Waals surface area contributed by atoms with Crippen LogP contribution in [-0.4, -0.2) is 30.9 Å². The average molecular weight is 295 g/mol. The van der Waals surface area contributed by atoms with Gasteiger partial charge < -0.3 is 4.48 Å². The Hall–Kier alpha value is -1.12. The largest absolute Gasteiger partial charge is 0.325 e. The molecule has 0 bridgehead atoms. The summed E-state index contributed by atoms with van der Waals surface area (Å²) in [5.74, 6) is 0.711. The van der Waals surface area contributed by atoms with E-state index in [1.807, 2.05) is 0 Å². The first-order valence-corrected chi connectivity index (χ1v) is 7.61. The van der Waals surface area contributed by atoms with E-state index in [4.69, 9.17) is 11.6 Å². The lowest BCUT2D eigenvalue weighted by atomic mass is 10.1. The highest BCUT2D eigenvalue weighted by Gasteiger charge is 2.15. The van der Waals surface area contributed by atoms with Crippen LogP contribution in [0.25, 0.3) is 0 Å². The Labute approximate surface area is 127 Å². The summed E-state index contributed by atoms with van der Waals surface area (Å²) in [6.07, 6.45) is 4.04. The number of rotatable bonds is 9. The van der Waals surface area contributed by atoms with Gasteiger partial charge in [0.25, 0.3) is 0 Å². The van der Waals surface area contributed by atoms with E-state index in [1.54, 1.807) is 0 Å². The standard InChI is InChI=1S/C17H25ClNO/c1-4-17(20)7-5-6-12-19(2,3)14-16-10-8-15(13-18)9-11-16/h4,8-11H,1,5-7,12-14H2,2-3H3/q+1. The lowest BCUT2D eigenvalue weighted by Gasteiger charge is -2.30. The third-order valence-electron chi connectivity index (χ3n) is 3.45. The van der Waals surface area contributed by atoms with Gasteiger partial charge in [-0.15, -0.1) is 11.6 Å². The number of quaternary nitrogens is 1. The molecule has 0 saturated carbocycles. The zero-order valence-electron chi connectivity index (χ0n) is 12.6. The summed E-state index contributed by atoms with van der Waals surface area (Å²) < 4.78 is 0.933. The topological polar surface area (TPSA) is 17.1 Å². The van der Waals surface area contributed by atoms with Gasteiger partial charge in [-0.1, -0.05) is 30.8 Å². The maximum atomic E-state index is 11.2. The molecule has 0 amide bonds. The van der Waals surface area contributed by atoms with Gasteiger partial charge in [0.1, 0.15) is 6.54 Å². The minimum atomic E-state index is 0.145. The van der Waals surface area contributed by atoms with Crippen LogP contribution in [-0.2, 0) is 17.2 Å². The number of carbonyl (C=O) groups excluding carboxylic acids is 1. The van der Waals surface area contributed by atoms with Crippen molar-refractivity contribution in [2.24, 2.45) is 0 Å². The Morgan fingerprint density at radius 3 is 2.35 bits per heavy atom. The molecule has 0 aliphatic heterocycles. The van der Waals surface area contributed by atoms with Gasteiger partial charge in [-0.05, 0) is 24.5 Å². The highest BCUT2D eigenvalue weighted by Crippen LogP contribution is 2.13. The van der Waals surface area contributed by atoms with E-state index in [0.29, 0.717) is 12.3 Å². The zero-order valence-corrected chi connectivity index (χ0v) is 13.3. The second kappa shape index (κ2) is 8.23. The summed E-state index contributed by atoms with van der Waals surface area (Å²) in [4.78, 5) is 11.2. The number of unbranched alkanes of at least 4 members (excludes halogenated alkanes) is 1. The molecule has 0 spiro atoms. The average Bonchev–Trinajstić information content (AvgIpc) is 2.43. The molecule has 0 aromatic heterocycles. The van der Waals surface area contributed by atoms with Crippen LogP contribution < -0.4 is 0 Å². The third kappa shape index (κ3) is 6.36. The Morgan fingerprint density at radius 2 is 1.80 bits per heavy atom. The van der Waals surface area contributed by atoms with Crippen molar-refractivity contribution >= 4 is 17.4 Å². The van der Waals surface area contributed by atoms with Gasteiger partial charge in [0.2, 0.25) is 0 Å². The van der Waals surface area contributed by atoms with E-state index in [9.17, 15) is 4.79 Å². The van der Waals surface area contributed by atoms with Crippen LogP contribution in [0.1, 0.15) is 30.4 Å². The first kappa shape index (κ1) is 16.9. The molecule has 2 nitrogen and oxygen atoms in total. The van der Waals surface area contributed by atoms with Crippen molar-refractivity contribution in [1.29, 1.82) is 0 Å². The van der Waals surface area contributed by atoms with Gasteiger partial charge in [0.15, 0.2) is 5.78 Å². The zero-order chi connectivity index (χ0) is 15.0. The number of allylic oxidation sites excluding steroid dienone is 1. The Balaban J connectivity index is 2.39. The van der Waals surface area contributed by atoms with Crippen molar-refractivity contribution < 1.29 is 9.28 Å². The fourth-order valence-electron chi connectivity index (χ4n) is 2.25. The van der Waals surface area contributed by atoms with Crippen molar-refractivity contribution in [3.05, 3.63) is 48.0 Å². The van der Waals surface area contributed by atoms with Crippen LogP contribution in [0.3, 0.4) is 0 Å². The molecule has 20 heavy (non-hydrogen) atoms. The lowest BCUT2D eigenvalue weighted by Crippen LogP contribution is -2.39. The van der Waals surface area contributed by atoms with Crippen molar-refractivity contribution in [3.63, 3.8) is 0 Å². The molecular weight excluding hydrogens is 270 g/mol. The molecule has 1 rings (SSSR count). The normalized spacial score (nSPS) is 11.3. The number of hydrogen-bond donors (Lipinski definition) is 0. The predicted molar refractivity (Wildman–Crippen MR) is 85.7 cm³/mol. The van der Waals surface area contributed by atoms with Gasteiger partial charge in [-0.2, -0.15) is 0 Å². The molecule has 1 aromatic rings. The molecule has 0 aliphatic carbocycles. The summed E-state index contributed by atoms with van der Waals surface area (Å²) in [6.45, 7) is 5.56. The predicted octanol–water partition coefficient (Wildman–Crippen LogP) is 3.93. The van der Waals surface area contributed by atoms with Gasteiger partial charge in [-0.25, -0.2) is 0 Å². The molecule has 0 unspecified atom stereocenters. The minimum Gasteiger partial charge on any atom is -0.325 e. The van der Waals surface area contributed by atoms with Crippen molar-refractivity contribution in [3.8, 4) is 0 Å². The van der Waals surface area contributed by atoms with Crippen molar-refractivity contribution in [2.75, 3.05) is 20.6 Å². The lowest BCUT2D eigenvalue weighted by molar-refractivity contribution is -0.903. The van der Waals surface area contributed by atoms with E-state index >= 15 is 0 Å². The maximum absolute atomic E-state index is 11.2.